The Bertz CT molecular complexity index is 235. The molecule has 3 heteroatoms. The van der Waals surface area contributed by atoms with Crippen LogP contribution in [0.25, 0.3) is 0 Å². The molecule has 0 aliphatic heterocycles. The van der Waals surface area contributed by atoms with Crippen LogP contribution in [0.3, 0.4) is 0 Å². The summed E-state index contributed by atoms with van der Waals surface area (Å²) >= 11 is 0. The number of carbonyl (C=O) groups excluding carboxylic acids is 1. The summed E-state index contributed by atoms with van der Waals surface area (Å²) in [7, 11) is 1.42. The first kappa shape index (κ1) is 11.2. The maximum atomic E-state index is 11.5. The molecule has 0 radical (unpaired) electrons. The van der Waals surface area contributed by atoms with Crippen molar-refractivity contribution in [2.24, 2.45) is 5.41 Å². The number of hydrogen-bond acceptors (Lipinski definition) is 3. The second-order valence-electron chi connectivity index (χ2n) is 4.14. The second kappa shape index (κ2) is 4.60. The molecule has 0 aromatic carbocycles. The summed E-state index contributed by atoms with van der Waals surface area (Å²) in [6, 6.07) is 0. The van der Waals surface area contributed by atoms with E-state index in [0.717, 1.165) is 19.3 Å². The van der Waals surface area contributed by atoms with E-state index in [9.17, 15) is 9.90 Å². The van der Waals surface area contributed by atoms with Crippen LogP contribution in [0.1, 0.15) is 32.6 Å². The van der Waals surface area contributed by atoms with Crippen molar-refractivity contribution >= 4 is 5.97 Å². The molecule has 1 N–H and O–H groups in total. The van der Waals surface area contributed by atoms with Crippen LogP contribution in [0.15, 0.2) is 12.2 Å². The maximum absolute atomic E-state index is 11.5. The average Bonchev–Trinajstić information content (AvgIpc) is 2.14. The smallest absolute Gasteiger partial charge is 0.311 e. The molecule has 14 heavy (non-hydrogen) atoms. The highest BCUT2D eigenvalue weighted by molar-refractivity contribution is 5.76. The van der Waals surface area contributed by atoms with E-state index in [-0.39, 0.29) is 12.1 Å². The molecule has 0 aromatic rings. The zero-order valence-electron chi connectivity index (χ0n) is 8.82. The topological polar surface area (TPSA) is 46.5 Å². The van der Waals surface area contributed by atoms with Gasteiger partial charge in [-0.2, -0.15) is 0 Å². The number of ether oxygens (including phenoxy) is 1. The van der Waals surface area contributed by atoms with Crippen LogP contribution in [0.4, 0.5) is 0 Å². The SMILES string of the molecule is COC(=O)C1(C)C/C=C\[C@H](O)CCC1. The van der Waals surface area contributed by atoms with Gasteiger partial charge in [0.25, 0.3) is 0 Å². The predicted molar refractivity (Wildman–Crippen MR) is 53.7 cm³/mol. The Labute approximate surface area is 84.8 Å². The van der Waals surface area contributed by atoms with Crippen molar-refractivity contribution in [2.75, 3.05) is 7.11 Å². The number of aliphatic hydroxyl groups is 1. The van der Waals surface area contributed by atoms with Gasteiger partial charge in [0.05, 0.1) is 18.6 Å². The molecule has 0 saturated carbocycles. The average molecular weight is 198 g/mol. The van der Waals surface area contributed by atoms with Crippen molar-refractivity contribution in [3.63, 3.8) is 0 Å². The molecular formula is C11H18O3. The summed E-state index contributed by atoms with van der Waals surface area (Å²) in [4.78, 5) is 11.5. The van der Waals surface area contributed by atoms with Crippen LogP contribution >= 0.6 is 0 Å². The lowest BCUT2D eigenvalue weighted by molar-refractivity contribution is -0.152. The number of allylic oxidation sites excluding steroid dienone is 1. The minimum atomic E-state index is -0.411. The number of hydrogen-bond donors (Lipinski definition) is 1. The first-order valence-corrected chi connectivity index (χ1v) is 5.01. The third kappa shape index (κ3) is 2.58. The Morgan fingerprint density at radius 3 is 3.00 bits per heavy atom. The molecule has 0 aromatic heterocycles. The first-order chi connectivity index (χ1) is 6.58. The van der Waals surface area contributed by atoms with Gasteiger partial charge in [-0.25, -0.2) is 0 Å². The number of esters is 1. The number of aliphatic hydroxyl groups excluding tert-OH is 1. The normalized spacial score (nSPS) is 35.5. The van der Waals surface area contributed by atoms with E-state index in [1.165, 1.54) is 7.11 Å². The Balaban J connectivity index is 2.70. The van der Waals surface area contributed by atoms with Gasteiger partial charge >= 0.3 is 5.97 Å². The second-order valence-corrected chi connectivity index (χ2v) is 4.14. The van der Waals surface area contributed by atoms with E-state index in [4.69, 9.17) is 4.74 Å². The highest BCUT2D eigenvalue weighted by atomic mass is 16.5. The summed E-state index contributed by atoms with van der Waals surface area (Å²) in [5.74, 6) is -0.154. The van der Waals surface area contributed by atoms with E-state index in [1.54, 1.807) is 6.08 Å². The zero-order chi connectivity index (χ0) is 10.6. The minimum Gasteiger partial charge on any atom is -0.469 e. The van der Waals surface area contributed by atoms with Crippen LogP contribution in [-0.2, 0) is 9.53 Å². The van der Waals surface area contributed by atoms with E-state index < -0.39 is 5.41 Å². The molecule has 0 amide bonds. The highest BCUT2D eigenvalue weighted by Crippen LogP contribution is 2.32. The van der Waals surface area contributed by atoms with Gasteiger partial charge in [-0.1, -0.05) is 12.2 Å². The van der Waals surface area contributed by atoms with Crippen molar-refractivity contribution in [3.8, 4) is 0 Å². The van der Waals surface area contributed by atoms with Gasteiger partial charge in [0.1, 0.15) is 0 Å². The van der Waals surface area contributed by atoms with E-state index in [2.05, 4.69) is 0 Å². The molecule has 1 aliphatic carbocycles. The third-order valence-electron chi connectivity index (χ3n) is 2.83. The summed E-state index contributed by atoms with van der Waals surface area (Å²) in [6.07, 6.45) is 6.30. The van der Waals surface area contributed by atoms with Gasteiger partial charge in [0.15, 0.2) is 0 Å². The zero-order valence-corrected chi connectivity index (χ0v) is 8.82. The van der Waals surface area contributed by atoms with Crippen molar-refractivity contribution in [1.29, 1.82) is 0 Å². The van der Waals surface area contributed by atoms with Gasteiger partial charge in [0.2, 0.25) is 0 Å². The summed E-state index contributed by atoms with van der Waals surface area (Å²) in [6.45, 7) is 1.92. The van der Waals surface area contributed by atoms with E-state index >= 15 is 0 Å². The molecule has 0 bridgehead atoms. The fraction of sp³-hybridized carbons (Fsp3) is 0.727. The quantitative estimate of drug-likeness (QED) is 0.515. The van der Waals surface area contributed by atoms with Crippen LogP contribution in [0, 0.1) is 5.41 Å². The lowest BCUT2D eigenvalue weighted by Gasteiger charge is -2.27. The molecule has 80 valence electrons. The molecule has 0 saturated heterocycles. The summed E-state index contributed by atoms with van der Waals surface area (Å²) in [5, 5.41) is 9.38. The molecule has 0 fully saturated rings. The van der Waals surface area contributed by atoms with Crippen LogP contribution in [0.5, 0.6) is 0 Å². The molecule has 1 aliphatic rings. The van der Waals surface area contributed by atoms with Crippen molar-refractivity contribution in [1.82, 2.24) is 0 Å². The van der Waals surface area contributed by atoms with Crippen LogP contribution < -0.4 is 0 Å². The fourth-order valence-electron chi connectivity index (χ4n) is 1.82. The molecule has 3 nitrogen and oxygen atoms in total. The summed E-state index contributed by atoms with van der Waals surface area (Å²) in [5.41, 5.74) is -0.411. The van der Waals surface area contributed by atoms with Crippen LogP contribution in [0.2, 0.25) is 0 Å². The maximum Gasteiger partial charge on any atom is 0.311 e. The van der Waals surface area contributed by atoms with Gasteiger partial charge < -0.3 is 9.84 Å². The fourth-order valence-corrected chi connectivity index (χ4v) is 1.82. The van der Waals surface area contributed by atoms with Crippen molar-refractivity contribution in [3.05, 3.63) is 12.2 Å². The predicted octanol–water partition coefficient (Wildman–Crippen LogP) is 1.66. The molecule has 1 unspecified atom stereocenters. The van der Waals surface area contributed by atoms with E-state index in [0.29, 0.717) is 6.42 Å². The molecular weight excluding hydrogens is 180 g/mol. The van der Waals surface area contributed by atoms with Gasteiger partial charge in [0, 0.05) is 0 Å². The van der Waals surface area contributed by atoms with E-state index in [1.807, 2.05) is 13.0 Å². The molecule has 2 atom stereocenters. The Kier molecular flexibility index (Phi) is 3.69. The largest absolute Gasteiger partial charge is 0.469 e. The Morgan fingerprint density at radius 1 is 1.64 bits per heavy atom. The molecule has 0 spiro atoms. The Hall–Kier alpha value is -0.830. The molecule has 0 heterocycles. The number of carbonyl (C=O) groups is 1. The van der Waals surface area contributed by atoms with Gasteiger partial charge in [-0.05, 0) is 32.6 Å². The van der Waals surface area contributed by atoms with Crippen LogP contribution in [-0.4, -0.2) is 24.3 Å². The van der Waals surface area contributed by atoms with Gasteiger partial charge in [-0.3, -0.25) is 4.79 Å². The standard InChI is InChI=1S/C11H18O3/c1-11(10(13)14-2)7-3-5-9(12)6-4-8-11/h3,5,9,12H,4,6-8H2,1-2H3/b5-3-/t9-,11?/m0/s1. The lowest BCUT2D eigenvalue weighted by Crippen LogP contribution is -2.29. The van der Waals surface area contributed by atoms with Crippen molar-refractivity contribution < 1.29 is 14.6 Å². The number of methoxy groups -OCH3 is 1. The minimum absolute atomic E-state index is 0.154. The third-order valence-corrected chi connectivity index (χ3v) is 2.83. The Morgan fingerprint density at radius 2 is 2.36 bits per heavy atom. The van der Waals surface area contributed by atoms with Gasteiger partial charge in [-0.15, -0.1) is 0 Å². The monoisotopic (exact) mass is 198 g/mol. The lowest BCUT2D eigenvalue weighted by atomic mass is 9.80. The summed E-state index contributed by atoms with van der Waals surface area (Å²) < 4.78 is 4.78. The highest BCUT2D eigenvalue weighted by Gasteiger charge is 2.33. The number of rotatable bonds is 1. The van der Waals surface area contributed by atoms with Crippen molar-refractivity contribution in [2.45, 2.75) is 38.7 Å². The first-order valence-electron chi connectivity index (χ1n) is 5.01. The molecule has 1 rings (SSSR count).